The normalized spacial score (nSPS) is 12.9. The number of hydrogen-bond acceptors (Lipinski definition) is 3. The van der Waals surface area contributed by atoms with Gasteiger partial charge in [-0.25, -0.2) is 0 Å². The molecule has 0 aromatic rings. The van der Waals surface area contributed by atoms with Gasteiger partial charge >= 0.3 is 0 Å². The van der Waals surface area contributed by atoms with Crippen molar-refractivity contribution in [3.63, 3.8) is 0 Å². The summed E-state index contributed by atoms with van der Waals surface area (Å²) < 4.78 is 5.05. The van der Waals surface area contributed by atoms with E-state index in [-0.39, 0.29) is 0 Å². The van der Waals surface area contributed by atoms with Crippen LogP contribution in [-0.2, 0) is 4.74 Å². The van der Waals surface area contributed by atoms with Crippen molar-refractivity contribution in [2.45, 2.75) is 26.3 Å². The third-order valence-corrected chi connectivity index (χ3v) is 1.79. The van der Waals surface area contributed by atoms with Crippen LogP contribution in [0.2, 0.25) is 0 Å². The summed E-state index contributed by atoms with van der Waals surface area (Å²) in [5, 5.41) is 11.6. The summed E-state index contributed by atoms with van der Waals surface area (Å²) in [5.74, 6) is 0.545. The van der Waals surface area contributed by atoms with Crippen molar-refractivity contribution in [2.24, 2.45) is 5.92 Å². The van der Waals surface area contributed by atoms with Crippen LogP contribution in [0.25, 0.3) is 0 Å². The van der Waals surface area contributed by atoms with Crippen molar-refractivity contribution in [1.29, 1.82) is 5.26 Å². The molecule has 0 radical (unpaired) electrons. The van der Waals surface area contributed by atoms with Crippen LogP contribution >= 0.6 is 0 Å². The van der Waals surface area contributed by atoms with Gasteiger partial charge in [-0.1, -0.05) is 13.8 Å². The first kappa shape index (κ1) is 11.4. The third kappa shape index (κ3) is 5.11. The number of nitrogens with one attached hydrogen (secondary N) is 1. The second kappa shape index (κ2) is 7.08. The molecule has 70 valence electrons. The van der Waals surface area contributed by atoms with Gasteiger partial charge in [0.15, 0.2) is 0 Å². The zero-order valence-electron chi connectivity index (χ0n) is 8.13. The molecule has 0 aliphatic rings. The molecule has 0 bridgehead atoms. The molecule has 12 heavy (non-hydrogen) atoms. The zero-order chi connectivity index (χ0) is 9.40. The Kier molecular flexibility index (Phi) is 6.73. The lowest BCUT2D eigenvalue weighted by atomic mass is 10.1. The molecular formula is C9H18N2O. The number of nitriles is 1. The van der Waals surface area contributed by atoms with Gasteiger partial charge in [-0.05, 0) is 5.92 Å². The molecule has 0 aliphatic heterocycles. The average Bonchev–Trinajstić information content (AvgIpc) is 2.03. The fraction of sp³-hybridized carbons (Fsp3) is 0.889. The van der Waals surface area contributed by atoms with E-state index >= 15 is 0 Å². The average molecular weight is 170 g/mol. The minimum absolute atomic E-state index is 0.364. The van der Waals surface area contributed by atoms with E-state index in [4.69, 9.17) is 10.00 Å². The van der Waals surface area contributed by atoms with Crippen LogP contribution in [0.1, 0.15) is 20.3 Å². The first-order chi connectivity index (χ1) is 5.72. The van der Waals surface area contributed by atoms with E-state index in [0.29, 0.717) is 25.0 Å². The SMILES string of the molecule is COCC(NCCC#N)C(C)C. The van der Waals surface area contributed by atoms with Gasteiger partial charge in [0, 0.05) is 26.1 Å². The Hall–Kier alpha value is -0.590. The van der Waals surface area contributed by atoms with E-state index in [1.54, 1.807) is 7.11 Å². The molecule has 0 spiro atoms. The molecule has 0 saturated carbocycles. The monoisotopic (exact) mass is 170 g/mol. The highest BCUT2D eigenvalue weighted by molar-refractivity contribution is 4.75. The van der Waals surface area contributed by atoms with Crippen molar-refractivity contribution < 1.29 is 4.74 Å². The lowest BCUT2D eigenvalue weighted by Gasteiger charge is -2.20. The predicted octanol–water partition coefficient (Wildman–Crippen LogP) is 1.16. The summed E-state index contributed by atoms with van der Waals surface area (Å²) >= 11 is 0. The third-order valence-electron chi connectivity index (χ3n) is 1.79. The molecule has 1 N–H and O–H groups in total. The van der Waals surface area contributed by atoms with E-state index in [9.17, 15) is 0 Å². The van der Waals surface area contributed by atoms with Gasteiger partial charge in [0.25, 0.3) is 0 Å². The highest BCUT2D eigenvalue weighted by Crippen LogP contribution is 2.01. The Morgan fingerprint density at radius 3 is 2.58 bits per heavy atom. The standard InChI is InChI=1S/C9H18N2O/c1-8(2)9(7-12-3)11-6-4-5-10/h8-9,11H,4,6-7H2,1-3H3. The van der Waals surface area contributed by atoms with Gasteiger partial charge in [0.1, 0.15) is 0 Å². The van der Waals surface area contributed by atoms with Crippen LogP contribution in [-0.4, -0.2) is 26.3 Å². The molecule has 0 aliphatic carbocycles. The second-order valence-corrected chi connectivity index (χ2v) is 3.17. The van der Waals surface area contributed by atoms with Crippen LogP contribution in [0.4, 0.5) is 0 Å². The lowest BCUT2D eigenvalue weighted by molar-refractivity contribution is 0.147. The highest BCUT2D eigenvalue weighted by Gasteiger charge is 2.10. The fourth-order valence-electron chi connectivity index (χ4n) is 0.980. The molecule has 0 rings (SSSR count). The van der Waals surface area contributed by atoms with Crippen molar-refractivity contribution in [3.05, 3.63) is 0 Å². The van der Waals surface area contributed by atoms with E-state index in [1.807, 2.05) is 0 Å². The first-order valence-corrected chi connectivity index (χ1v) is 4.31. The summed E-state index contributed by atoms with van der Waals surface area (Å²) in [5.41, 5.74) is 0. The van der Waals surface area contributed by atoms with E-state index in [1.165, 1.54) is 0 Å². The van der Waals surface area contributed by atoms with Crippen molar-refractivity contribution in [2.75, 3.05) is 20.3 Å². The second-order valence-electron chi connectivity index (χ2n) is 3.17. The molecule has 0 fully saturated rings. The lowest BCUT2D eigenvalue weighted by Crippen LogP contribution is -2.38. The highest BCUT2D eigenvalue weighted by atomic mass is 16.5. The van der Waals surface area contributed by atoms with Crippen molar-refractivity contribution in [3.8, 4) is 6.07 Å². The topological polar surface area (TPSA) is 45.0 Å². The van der Waals surface area contributed by atoms with Gasteiger partial charge in [-0.3, -0.25) is 0 Å². The number of hydrogen-bond donors (Lipinski definition) is 1. The molecule has 3 nitrogen and oxygen atoms in total. The van der Waals surface area contributed by atoms with E-state index in [2.05, 4.69) is 25.2 Å². The number of rotatable bonds is 6. The minimum Gasteiger partial charge on any atom is -0.383 e. The van der Waals surface area contributed by atoms with Crippen molar-refractivity contribution >= 4 is 0 Å². The summed E-state index contributed by atoms with van der Waals surface area (Å²) in [6.45, 7) is 5.75. The maximum Gasteiger partial charge on any atom is 0.0635 e. The molecule has 0 aromatic carbocycles. The molecule has 1 unspecified atom stereocenters. The van der Waals surface area contributed by atoms with Crippen LogP contribution in [0, 0.1) is 17.2 Å². The number of nitrogens with zero attached hydrogens (tertiary/aromatic N) is 1. The maximum absolute atomic E-state index is 8.33. The van der Waals surface area contributed by atoms with Gasteiger partial charge in [-0.15, -0.1) is 0 Å². The summed E-state index contributed by atoms with van der Waals surface area (Å²) in [6, 6.07) is 2.46. The number of ether oxygens (including phenoxy) is 1. The molecule has 0 saturated heterocycles. The van der Waals surface area contributed by atoms with Crippen LogP contribution in [0.3, 0.4) is 0 Å². The van der Waals surface area contributed by atoms with Gasteiger partial charge < -0.3 is 10.1 Å². The molecule has 0 heterocycles. The van der Waals surface area contributed by atoms with E-state index in [0.717, 1.165) is 6.54 Å². The molecule has 0 amide bonds. The smallest absolute Gasteiger partial charge is 0.0635 e. The maximum atomic E-state index is 8.33. The molecule has 1 atom stereocenters. The Balaban J connectivity index is 3.57. The number of methoxy groups -OCH3 is 1. The van der Waals surface area contributed by atoms with Gasteiger partial charge in [0.2, 0.25) is 0 Å². The van der Waals surface area contributed by atoms with Crippen LogP contribution in [0.15, 0.2) is 0 Å². The first-order valence-electron chi connectivity index (χ1n) is 4.31. The van der Waals surface area contributed by atoms with Crippen LogP contribution in [0.5, 0.6) is 0 Å². The fourth-order valence-corrected chi connectivity index (χ4v) is 0.980. The van der Waals surface area contributed by atoms with Crippen molar-refractivity contribution in [1.82, 2.24) is 5.32 Å². The zero-order valence-corrected chi connectivity index (χ0v) is 8.13. The summed E-state index contributed by atoms with van der Waals surface area (Å²) in [6.07, 6.45) is 0.562. The minimum atomic E-state index is 0.364. The Bertz CT molecular complexity index is 140. The van der Waals surface area contributed by atoms with E-state index < -0.39 is 0 Å². The molecule has 3 heteroatoms. The molecular weight excluding hydrogens is 152 g/mol. The molecule has 0 aromatic heterocycles. The Morgan fingerprint density at radius 2 is 2.17 bits per heavy atom. The quantitative estimate of drug-likeness (QED) is 0.608. The predicted molar refractivity (Wildman–Crippen MR) is 48.7 cm³/mol. The summed E-state index contributed by atoms with van der Waals surface area (Å²) in [4.78, 5) is 0. The Morgan fingerprint density at radius 1 is 1.50 bits per heavy atom. The van der Waals surface area contributed by atoms with Crippen LogP contribution < -0.4 is 5.32 Å². The largest absolute Gasteiger partial charge is 0.383 e. The summed E-state index contributed by atoms with van der Waals surface area (Å²) in [7, 11) is 1.70. The van der Waals surface area contributed by atoms with Gasteiger partial charge in [0.05, 0.1) is 12.7 Å². The Labute approximate surface area is 74.7 Å². The van der Waals surface area contributed by atoms with Gasteiger partial charge in [-0.2, -0.15) is 5.26 Å².